The fourth-order valence-corrected chi connectivity index (χ4v) is 2.79. The number of rotatable bonds is 11. The minimum atomic E-state index is -0.769. The number of carbonyl (C=O) groups is 1. The maximum Gasteiger partial charge on any atom is 0.252 e. The molecular weight excluding hydrogens is 344 g/mol. The van der Waals surface area contributed by atoms with Crippen LogP contribution in [0.25, 0.3) is 0 Å². The first-order valence-corrected chi connectivity index (χ1v) is 9.14. The van der Waals surface area contributed by atoms with Crippen molar-refractivity contribution in [2.75, 3.05) is 19.8 Å². The highest BCUT2D eigenvalue weighted by Crippen LogP contribution is 2.23. The molecule has 5 N–H and O–H groups in total. The fraction of sp³-hybridized carbons (Fsp3) is 0.381. The number of hydrogen-bond donors (Lipinski definition) is 4. The Kier molecular flexibility index (Phi) is 8.26. The van der Waals surface area contributed by atoms with Gasteiger partial charge in [-0.2, -0.15) is 0 Å². The molecule has 0 aliphatic carbocycles. The lowest BCUT2D eigenvalue weighted by molar-refractivity contribution is 0.0994. The zero-order chi connectivity index (χ0) is 19.6. The summed E-state index contributed by atoms with van der Waals surface area (Å²) < 4.78 is 5.31. The SMILES string of the molecule is CC(CCc1ccccc1)NCC(O)c1ccc(OCCO)c(C(N)=O)c1. The van der Waals surface area contributed by atoms with Crippen LogP contribution in [0, 0.1) is 0 Å². The molecule has 0 heterocycles. The van der Waals surface area contributed by atoms with E-state index in [4.69, 9.17) is 15.6 Å². The number of aliphatic hydroxyl groups is 2. The van der Waals surface area contributed by atoms with Gasteiger partial charge in [0.25, 0.3) is 5.91 Å². The van der Waals surface area contributed by atoms with Gasteiger partial charge in [-0.05, 0) is 43.0 Å². The van der Waals surface area contributed by atoms with Crippen molar-refractivity contribution >= 4 is 5.91 Å². The number of ether oxygens (including phenoxy) is 1. The molecule has 0 saturated carbocycles. The van der Waals surface area contributed by atoms with Crippen LogP contribution in [-0.4, -0.2) is 41.9 Å². The number of nitrogens with one attached hydrogen (secondary N) is 1. The van der Waals surface area contributed by atoms with Crippen molar-refractivity contribution in [2.45, 2.75) is 31.9 Å². The van der Waals surface area contributed by atoms with Crippen molar-refractivity contribution in [3.63, 3.8) is 0 Å². The molecule has 1 amide bonds. The van der Waals surface area contributed by atoms with Gasteiger partial charge in [-0.3, -0.25) is 4.79 Å². The van der Waals surface area contributed by atoms with Crippen LogP contribution < -0.4 is 15.8 Å². The Morgan fingerprint density at radius 2 is 1.96 bits per heavy atom. The van der Waals surface area contributed by atoms with E-state index in [0.717, 1.165) is 12.8 Å². The van der Waals surface area contributed by atoms with E-state index >= 15 is 0 Å². The van der Waals surface area contributed by atoms with Crippen molar-refractivity contribution in [1.82, 2.24) is 5.32 Å². The van der Waals surface area contributed by atoms with Crippen LogP contribution in [0.15, 0.2) is 48.5 Å². The molecule has 2 unspecified atom stereocenters. The average Bonchev–Trinajstić information content (AvgIpc) is 2.69. The van der Waals surface area contributed by atoms with Crippen LogP contribution in [0.3, 0.4) is 0 Å². The van der Waals surface area contributed by atoms with E-state index in [0.29, 0.717) is 17.9 Å². The standard InChI is InChI=1S/C21H28N2O4/c1-15(7-8-16-5-3-2-4-6-16)23-14-19(25)17-9-10-20(27-12-11-24)18(13-17)21(22)26/h2-6,9-10,13,15,19,23-25H,7-8,11-12,14H2,1H3,(H2,22,26). The van der Waals surface area contributed by atoms with Crippen molar-refractivity contribution < 1.29 is 19.7 Å². The van der Waals surface area contributed by atoms with Crippen molar-refractivity contribution in [3.8, 4) is 5.75 Å². The summed E-state index contributed by atoms with van der Waals surface area (Å²) >= 11 is 0. The van der Waals surface area contributed by atoms with Gasteiger partial charge in [0.15, 0.2) is 0 Å². The molecule has 0 saturated heterocycles. The van der Waals surface area contributed by atoms with Gasteiger partial charge >= 0.3 is 0 Å². The predicted octanol–water partition coefficient (Wildman–Crippen LogP) is 1.80. The molecule has 27 heavy (non-hydrogen) atoms. The molecule has 0 radical (unpaired) electrons. The summed E-state index contributed by atoms with van der Waals surface area (Å²) in [6.07, 6.45) is 1.15. The summed E-state index contributed by atoms with van der Waals surface area (Å²) in [4.78, 5) is 11.6. The molecule has 0 aliphatic rings. The number of benzene rings is 2. The van der Waals surface area contributed by atoms with Gasteiger partial charge < -0.3 is 26.0 Å². The summed E-state index contributed by atoms with van der Waals surface area (Å²) in [5.41, 5.74) is 7.46. The first kappa shape index (κ1) is 20.9. The molecule has 0 aromatic heterocycles. The third-order valence-corrected chi connectivity index (χ3v) is 4.37. The number of aliphatic hydroxyl groups excluding tert-OH is 2. The van der Waals surface area contributed by atoms with E-state index in [-0.39, 0.29) is 24.8 Å². The van der Waals surface area contributed by atoms with Gasteiger partial charge in [-0.1, -0.05) is 36.4 Å². The van der Waals surface area contributed by atoms with E-state index in [2.05, 4.69) is 24.4 Å². The van der Waals surface area contributed by atoms with E-state index in [9.17, 15) is 9.90 Å². The molecule has 146 valence electrons. The van der Waals surface area contributed by atoms with Gasteiger partial charge in [-0.25, -0.2) is 0 Å². The molecule has 0 bridgehead atoms. The molecule has 0 spiro atoms. The number of primary amides is 1. The highest BCUT2D eigenvalue weighted by Gasteiger charge is 2.15. The highest BCUT2D eigenvalue weighted by atomic mass is 16.5. The Labute approximate surface area is 160 Å². The van der Waals surface area contributed by atoms with E-state index < -0.39 is 12.0 Å². The minimum absolute atomic E-state index is 0.0721. The molecule has 2 atom stereocenters. The molecule has 0 aliphatic heterocycles. The third kappa shape index (κ3) is 6.67. The quantitative estimate of drug-likeness (QED) is 0.481. The number of amides is 1. The average molecular weight is 372 g/mol. The number of carbonyl (C=O) groups excluding carboxylic acids is 1. The zero-order valence-electron chi connectivity index (χ0n) is 15.6. The largest absolute Gasteiger partial charge is 0.490 e. The van der Waals surface area contributed by atoms with Crippen molar-refractivity contribution in [3.05, 3.63) is 65.2 Å². The molecule has 0 fully saturated rings. The Morgan fingerprint density at radius 3 is 2.63 bits per heavy atom. The molecular formula is C21H28N2O4. The summed E-state index contributed by atoms with van der Waals surface area (Å²) in [6, 6.07) is 15.3. The lowest BCUT2D eigenvalue weighted by Crippen LogP contribution is -2.31. The minimum Gasteiger partial charge on any atom is -0.490 e. The number of hydrogen-bond acceptors (Lipinski definition) is 5. The second-order valence-corrected chi connectivity index (χ2v) is 6.54. The smallest absolute Gasteiger partial charge is 0.252 e. The molecule has 2 aromatic rings. The van der Waals surface area contributed by atoms with Crippen LogP contribution in [0.1, 0.15) is 40.9 Å². The summed E-state index contributed by atoms with van der Waals surface area (Å²) in [7, 11) is 0. The first-order chi connectivity index (χ1) is 13.0. The Hall–Kier alpha value is -2.41. The van der Waals surface area contributed by atoms with E-state index in [1.54, 1.807) is 12.1 Å². The van der Waals surface area contributed by atoms with Gasteiger partial charge in [0, 0.05) is 12.6 Å². The molecule has 6 nitrogen and oxygen atoms in total. The fourth-order valence-electron chi connectivity index (χ4n) is 2.79. The monoisotopic (exact) mass is 372 g/mol. The number of nitrogens with two attached hydrogens (primary N) is 1. The number of aryl methyl sites for hydroxylation is 1. The van der Waals surface area contributed by atoms with Crippen molar-refractivity contribution in [1.29, 1.82) is 0 Å². The van der Waals surface area contributed by atoms with Gasteiger partial charge in [0.05, 0.1) is 18.3 Å². The lowest BCUT2D eigenvalue weighted by atomic mass is 10.0. The highest BCUT2D eigenvalue weighted by molar-refractivity contribution is 5.95. The molecule has 6 heteroatoms. The molecule has 2 rings (SSSR count). The molecule has 2 aromatic carbocycles. The topological polar surface area (TPSA) is 105 Å². The first-order valence-electron chi connectivity index (χ1n) is 9.14. The Bertz CT molecular complexity index is 721. The van der Waals surface area contributed by atoms with Crippen LogP contribution in [-0.2, 0) is 6.42 Å². The van der Waals surface area contributed by atoms with Gasteiger partial charge in [0.1, 0.15) is 12.4 Å². The normalized spacial score (nSPS) is 13.1. The maximum atomic E-state index is 11.6. The third-order valence-electron chi connectivity index (χ3n) is 4.37. The Balaban J connectivity index is 1.89. The van der Waals surface area contributed by atoms with Crippen LogP contribution >= 0.6 is 0 Å². The second kappa shape index (κ2) is 10.7. The summed E-state index contributed by atoms with van der Waals surface area (Å²) in [6.45, 7) is 2.36. The second-order valence-electron chi connectivity index (χ2n) is 6.54. The van der Waals surface area contributed by atoms with Crippen LogP contribution in [0.5, 0.6) is 5.75 Å². The van der Waals surface area contributed by atoms with E-state index in [1.807, 2.05) is 18.2 Å². The summed E-state index contributed by atoms with van der Waals surface area (Å²) in [5.74, 6) is -0.335. The van der Waals surface area contributed by atoms with Crippen LogP contribution in [0.4, 0.5) is 0 Å². The Morgan fingerprint density at radius 1 is 1.22 bits per heavy atom. The lowest BCUT2D eigenvalue weighted by Gasteiger charge is -2.18. The van der Waals surface area contributed by atoms with E-state index in [1.165, 1.54) is 11.6 Å². The zero-order valence-corrected chi connectivity index (χ0v) is 15.6. The predicted molar refractivity (Wildman–Crippen MR) is 105 cm³/mol. The van der Waals surface area contributed by atoms with Gasteiger partial charge in [-0.15, -0.1) is 0 Å². The van der Waals surface area contributed by atoms with Gasteiger partial charge in [0.2, 0.25) is 0 Å². The van der Waals surface area contributed by atoms with Crippen molar-refractivity contribution in [2.24, 2.45) is 5.73 Å². The summed E-state index contributed by atoms with van der Waals surface area (Å²) in [5, 5.41) is 22.6. The maximum absolute atomic E-state index is 11.6. The van der Waals surface area contributed by atoms with Crippen LogP contribution in [0.2, 0.25) is 0 Å².